The van der Waals surface area contributed by atoms with Crippen molar-refractivity contribution in [3.05, 3.63) is 45.4 Å². The molecule has 2 heterocycles. The van der Waals surface area contributed by atoms with E-state index >= 15 is 0 Å². The van der Waals surface area contributed by atoms with Crippen LogP contribution in [0.5, 0.6) is 5.75 Å². The summed E-state index contributed by atoms with van der Waals surface area (Å²) in [5.41, 5.74) is 7.13. The first-order valence-corrected chi connectivity index (χ1v) is 6.61. The van der Waals surface area contributed by atoms with Gasteiger partial charge in [0.15, 0.2) is 6.10 Å². The monoisotopic (exact) mass is 266 g/mol. The van der Waals surface area contributed by atoms with E-state index in [1.54, 1.807) is 17.5 Å². The van der Waals surface area contributed by atoms with E-state index in [1.807, 2.05) is 23.6 Å². The van der Waals surface area contributed by atoms with Gasteiger partial charge in [-0.15, -0.1) is 11.3 Å². The van der Waals surface area contributed by atoms with Crippen molar-refractivity contribution in [3.8, 4) is 5.75 Å². The van der Waals surface area contributed by atoms with Crippen LogP contribution in [0.4, 0.5) is 0 Å². The Morgan fingerprint density at radius 1 is 1.47 bits per heavy atom. The summed E-state index contributed by atoms with van der Waals surface area (Å²) in [4.78, 5) is 4.28. The van der Waals surface area contributed by atoms with Gasteiger partial charge < -0.3 is 10.5 Å². The van der Waals surface area contributed by atoms with Gasteiger partial charge in [0, 0.05) is 34.6 Å². The number of fused-ring (bicyclic) bond motifs is 1. The summed E-state index contributed by atoms with van der Waals surface area (Å²) in [6.45, 7) is 0. The average molecular weight is 267 g/mol. The molecule has 0 amide bonds. The first-order valence-electron chi connectivity index (χ1n) is 5.35. The number of ether oxygens (including phenoxy) is 1. The van der Waals surface area contributed by atoms with Gasteiger partial charge in [0.1, 0.15) is 10.8 Å². The van der Waals surface area contributed by atoms with E-state index in [2.05, 4.69) is 4.98 Å². The Bertz CT molecular complexity index is 529. The number of rotatable bonds is 1. The molecule has 0 bridgehead atoms. The third-order valence-corrected chi connectivity index (χ3v) is 3.94. The smallest absolute Gasteiger partial charge is 0.152 e. The Hall–Kier alpha value is -1.10. The quantitative estimate of drug-likeness (QED) is 0.861. The topological polar surface area (TPSA) is 48.1 Å². The molecule has 2 N–H and O–H groups in total. The predicted octanol–water partition coefficient (Wildman–Crippen LogP) is 3.32. The molecule has 2 aromatic rings. The maximum atomic E-state index is 6.15. The molecule has 0 aliphatic carbocycles. The molecular weight excluding hydrogens is 256 g/mol. The summed E-state index contributed by atoms with van der Waals surface area (Å²) >= 11 is 7.55. The van der Waals surface area contributed by atoms with Gasteiger partial charge in [0.25, 0.3) is 0 Å². The van der Waals surface area contributed by atoms with Crippen LogP contribution in [0.2, 0.25) is 5.02 Å². The lowest BCUT2D eigenvalue weighted by atomic mass is 9.97. The second-order valence-electron chi connectivity index (χ2n) is 4.00. The molecule has 0 spiro atoms. The van der Waals surface area contributed by atoms with Crippen molar-refractivity contribution >= 4 is 22.9 Å². The van der Waals surface area contributed by atoms with Crippen LogP contribution in [0, 0.1) is 0 Å². The molecule has 0 saturated carbocycles. The lowest BCUT2D eigenvalue weighted by molar-refractivity contribution is 0.161. The third-order valence-electron chi connectivity index (χ3n) is 2.84. The number of halogens is 1. The number of benzene rings is 1. The summed E-state index contributed by atoms with van der Waals surface area (Å²) < 4.78 is 5.91. The van der Waals surface area contributed by atoms with Crippen molar-refractivity contribution in [1.82, 2.24) is 4.98 Å². The molecule has 1 aliphatic rings. The van der Waals surface area contributed by atoms with Crippen molar-refractivity contribution in [1.29, 1.82) is 0 Å². The summed E-state index contributed by atoms with van der Waals surface area (Å²) in [6, 6.07) is 5.51. The summed E-state index contributed by atoms with van der Waals surface area (Å²) in [5.74, 6) is 0.813. The number of hydrogen-bond acceptors (Lipinski definition) is 4. The van der Waals surface area contributed by atoms with Gasteiger partial charge in [-0.2, -0.15) is 0 Å². The van der Waals surface area contributed by atoms with Crippen LogP contribution in [0.1, 0.15) is 29.1 Å². The molecule has 88 valence electrons. The zero-order chi connectivity index (χ0) is 11.8. The largest absolute Gasteiger partial charge is 0.483 e. The van der Waals surface area contributed by atoms with E-state index in [1.165, 1.54) is 0 Å². The second-order valence-corrected chi connectivity index (χ2v) is 5.36. The molecule has 1 unspecified atom stereocenters. The van der Waals surface area contributed by atoms with Crippen molar-refractivity contribution < 1.29 is 4.74 Å². The Kier molecular flexibility index (Phi) is 2.78. The van der Waals surface area contributed by atoms with Gasteiger partial charge in [0.2, 0.25) is 0 Å². The number of aromatic nitrogens is 1. The maximum absolute atomic E-state index is 6.15. The molecule has 3 nitrogen and oxygen atoms in total. The Morgan fingerprint density at radius 3 is 3.12 bits per heavy atom. The molecule has 2 atom stereocenters. The molecule has 0 fully saturated rings. The van der Waals surface area contributed by atoms with Gasteiger partial charge in [-0.1, -0.05) is 11.6 Å². The molecule has 0 radical (unpaired) electrons. The number of nitrogens with zero attached hydrogens (tertiary/aromatic N) is 1. The van der Waals surface area contributed by atoms with E-state index in [0.29, 0.717) is 5.02 Å². The first-order chi connectivity index (χ1) is 8.24. The van der Waals surface area contributed by atoms with Crippen LogP contribution in [-0.2, 0) is 0 Å². The standard InChI is InChI=1S/C12H11ClN2OS/c13-7-1-2-10-8(5-7)9(14)6-11(16-10)12-15-3-4-17-12/h1-5,9,11H,6,14H2/t9-,11?/m0/s1. The van der Waals surface area contributed by atoms with Crippen LogP contribution < -0.4 is 10.5 Å². The summed E-state index contributed by atoms with van der Waals surface area (Å²) in [7, 11) is 0. The minimum absolute atomic E-state index is 0.0429. The van der Waals surface area contributed by atoms with E-state index in [-0.39, 0.29) is 12.1 Å². The molecule has 5 heteroatoms. The predicted molar refractivity (Wildman–Crippen MR) is 68.5 cm³/mol. The van der Waals surface area contributed by atoms with E-state index in [0.717, 1.165) is 22.7 Å². The van der Waals surface area contributed by atoms with Gasteiger partial charge in [-0.25, -0.2) is 4.98 Å². The highest BCUT2D eigenvalue weighted by atomic mass is 35.5. The molecule has 17 heavy (non-hydrogen) atoms. The highest BCUT2D eigenvalue weighted by molar-refractivity contribution is 7.09. The summed E-state index contributed by atoms with van der Waals surface area (Å²) in [6.07, 6.45) is 2.48. The fourth-order valence-electron chi connectivity index (χ4n) is 2.02. The minimum Gasteiger partial charge on any atom is -0.483 e. The number of thiazole rings is 1. The molecule has 3 rings (SSSR count). The molecule has 1 aromatic heterocycles. The van der Waals surface area contributed by atoms with Crippen molar-refractivity contribution in [2.75, 3.05) is 0 Å². The van der Waals surface area contributed by atoms with Crippen molar-refractivity contribution in [2.45, 2.75) is 18.6 Å². The number of nitrogens with two attached hydrogens (primary N) is 1. The number of hydrogen-bond donors (Lipinski definition) is 1. The van der Waals surface area contributed by atoms with Gasteiger partial charge in [-0.3, -0.25) is 0 Å². The molecule has 1 aromatic carbocycles. The van der Waals surface area contributed by atoms with Crippen molar-refractivity contribution in [3.63, 3.8) is 0 Å². The second kappa shape index (κ2) is 4.29. The van der Waals surface area contributed by atoms with Gasteiger partial charge in [0.05, 0.1) is 0 Å². The van der Waals surface area contributed by atoms with Crippen LogP contribution in [-0.4, -0.2) is 4.98 Å². The van der Waals surface area contributed by atoms with Crippen LogP contribution >= 0.6 is 22.9 Å². The fraction of sp³-hybridized carbons (Fsp3) is 0.250. The average Bonchev–Trinajstić information content (AvgIpc) is 2.83. The lowest BCUT2D eigenvalue weighted by Gasteiger charge is -2.29. The van der Waals surface area contributed by atoms with E-state index in [4.69, 9.17) is 22.1 Å². The Morgan fingerprint density at radius 2 is 2.35 bits per heavy atom. The van der Waals surface area contributed by atoms with E-state index < -0.39 is 0 Å². The fourth-order valence-corrected chi connectivity index (χ4v) is 2.88. The minimum atomic E-state index is -0.0497. The zero-order valence-corrected chi connectivity index (χ0v) is 10.5. The Balaban J connectivity index is 1.96. The first kappa shape index (κ1) is 11.0. The van der Waals surface area contributed by atoms with Crippen LogP contribution in [0.3, 0.4) is 0 Å². The van der Waals surface area contributed by atoms with Crippen LogP contribution in [0.15, 0.2) is 29.8 Å². The third kappa shape index (κ3) is 2.04. The molecule has 1 aliphatic heterocycles. The lowest BCUT2D eigenvalue weighted by Crippen LogP contribution is -2.24. The normalized spacial score (nSPS) is 22.9. The summed E-state index contributed by atoms with van der Waals surface area (Å²) in [5, 5.41) is 3.61. The van der Waals surface area contributed by atoms with Gasteiger partial charge in [-0.05, 0) is 18.2 Å². The van der Waals surface area contributed by atoms with Crippen LogP contribution in [0.25, 0.3) is 0 Å². The van der Waals surface area contributed by atoms with E-state index in [9.17, 15) is 0 Å². The molecule has 0 saturated heterocycles. The maximum Gasteiger partial charge on any atom is 0.152 e. The zero-order valence-electron chi connectivity index (χ0n) is 8.97. The van der Waals surface area contributed by atoms with Crippen molar-refractivity contribution in [2.24, 2.45) is 5.73 Å². The molecular formula is C12H11ClN2OS. The van der Waals surface area contributed by atoms with Gasteiger partial charge >= 0.3 is 0 Å². The highest BCUT2D eigenvalue weighted by Crippen LogP contribution is 2.40. The Labute approximate surface area is 108 Å². The SMILES string of the molecule is N[C@H]1CC(c2nccs2)Oc2ccc(Cl)cc21. The highest BCUT2D eigenvalue weighted by Gasteiger charge is 2.28.